The van der Waals surface area contributed by atoms with Crippen molar-refractivity contribution in [1.82, 2.24) is 24.3 Å². The van der Waals surface area contributed by atoms with E-state index >= 15 is 0 Å². The number of aryl methyl sites for hydroxylation is 2. The first-order valence-electron chi connectivity index (χ1n) is 8.77. The van der Waals surface area contributed by atoms with Gasteiger partial charge in [-0.2, -0.15) is 0 Å². The van der Waals surface area contributed by atoms with Crippen LogP contribution in [0, 0.1) is 20.8 Å². The van der Waals surface area contributed by atoms with Crippen LogP contribution in [0.3, 0.4) is 0 Å². The Bertz CT molecular complexity index is 1130. The lowest BCUT2D eigenvalue weighted by atomic mass is 10.2. The molecule has 0 saturated heterocycles. The van der Waals surface area contributed by atoms with Gasteiger partial charge < -0.3 is 0 Å². The van der Waals surface area contributed by atoms with Gasteiger partial charge in [-0.1, -0.05) is 30.0 Å². The van der Waals surface area contributed by atoms with Gasteiger partial charge in [-0.25, -0.2) is 4.98 Å². The number of hydrogen-bond acceptors (Lipinski definition) is 6. The third-order valence-electron chi connectivity index (χ3n) is 4.41. The van der Waals surface area contributed by atoms with Crippen LogP contribution in [0.15, 0.2) is 53.3 Å². The number of hydrogen-bond donors (Lipinski definition) is 0. The zero-order valence-corrected chi connectivity index (χ0v) is 17.4. The van der Waals surface area contributed by atoms with E-state index in [2.05, 4.69) is 15.2 Å². The summed E-state index contributed by atoms with van der Waals surface area (Å²) in [6.45, 7) is 5.94. The summed E-state index contributed by atoms with van der Waals surface area (Å²) < 4.78 is 3.93. The molecule has 0 N–H and O–H groups in total. The average Bonchev–Trinajstić information content (AvgIpc) is 3.40. The number of thioether (sulfide) groups is 1. The molecule has 4 aromatic rings. The highest BCUT2D eigenvalue weighted by Crippen LogP contribution is 2.26. The molecule has 0 amide bonds. The third kappa shape index (κ3) is 3.53. The predicted molar refractivity (Wildman–Crippen MR) is 112 cm³/mol. The van der Waals surface area contributed by atoms with Crippen LogP contribution in [0.25, 0.3) is 10.8 Å². The Balaban J connectivity index is 1.54. The van der Waals surface area contributed by atoms with Gasteiger partial charge in [0.05, 0.1) is 11.4 Å². The molecule has 3 aromatic heterocycles. The SMILES string of the molecule is Cc1csc(-n2c(C)cc(C(=O)CSc3nncn3-c3ccccc3)c2C)n1. The fourth-order valence-corrected chi connectivity index (χ4v) is 4.80. The van der Waals surface area contributed by atoms with Gasteiger partial charge in [0.2, 0.25) is 0 Å². The minimum Gasteiger partial charge on any atom is -0.294 e. The minimum atomic E-state index is 0.0697. The van der Waals surface area contributed by atoms with E-state index in [0.29, 0.717) is 10.9 Å². The van der Waals surface area contributed by atoms with E-state index in [0.717, 1.165) is 33.5 Å². The van der Waals surface area contributed by atoms with Crippen molar-refractivity contribution in [3.05, 3.63) is 70.8 Å². The summed E-state index contributed by atoms with van der Waals surface area (Å²) in [7, 11) is 0. The fraction of sp³-hybridized carbons (Fsp3) is 0.200. The van der Waals surface area contributed by atoms with Gasteiger partial charge in [-0.15, -0.1) is 21.5 Å². The molecule has 0 unspecified atom stereocenters. The molecule has 142 valence electrons. The van der Waals surface area contributed by atoms with Crippen molar-refractivity contribution in [3.8, 4) is 10.8 Å². The van der Waals surface area contributed by atoms with Crippen LogP contribution in [-0.4, -0.2) is 35.9 Å². The van der Waals surface area contributed by atoms with Crippen LogP contribution >= 0.6 is 23.1 Å². The van der Waals surface area contributed by atoms with Crippen LogP contribution in [-0.2, 0) is 0 Å². The monoisotopic (exact) mass is 409 g/mol. The van der Waals surface area contributed by atoms with E-state index in [1.165, 1.54) is 11.8 Å². The van der Waals surface area contributed by atoms with Gasteiger partial charge in [0.15, 0.2) is 16.1 Å². The summed E-state index contributed by atoms with van der Waals surface area (Å²) in [4.78, 5) is 17.5. The van der Waals surface area contributed by atoms with Gasteiger partial charge in [0.25, 0.3) is 0 Å². The number of carbonyl (C=O) groups excluding carboxylic acids is 1. The lowest BCUT2D eigenvalue weighted by Crippen LogP contribution is -2.06. The molecule has 0 saturated carbocycles. The summed E-state index contributed by atoms with van der Waals surface area (Å²) in [5, 5.41) is 11.8. The molecular weight excluding hydrogens is 390 g/mol. The maximum atomic E-state index is 12.9. The van der Waals surface area contributed by atoms with Gasteiger partial charge in [0, 0.05) is 28.0 Å². The van der Waals surface area contributed by atoms with Crippen molar-refractivity contribution in [1.29, 1.82) is 0 Å². The predicted octanol–water partition coefficient (Wildman–Crippen LogP) is 4.41. The Hall–Kier alpha value is -2.71. The summed E-state index contributed by atoms with van der Waals surface area (Å²) in [6.07, 6.45) is 1.67. The Labute approximate surface area is 171 Å². The lowest BCUT2D eigenvalue weighted by molar-refractivity contribution is 0.102. The first kappa shape index (κ1) is 18.6. The summed E-state index contributed by atoms with van der Waals surface area (Å²) in [5.41, 5.74) is 4.61. The standard InChI is InChI=1S/C20H19N5OS2/c1-13-10-27-19(22-13)25-14(2)9-17(15(25)3)18(26)11-28-20-23-21-12-24(20)16-7-5-4-6-8-16/h4-10,12H,11H2,1-3H3. The number of nitrogens with zero attached hydrogens (tertiary/aromatic N) is 5. The number of benzene rings is 1. The number of carbonyl (C=O) groups is 1. The number of thiazole rings is 1. The first-order valence-corrected chi connectivity index (χ1v) is 10.6. The number of aromatic nitrogens is 5. The van der Waals surface area contributed by atoms with Crippen molar-refractivity contribution in [2.75, 3.05) is 5.75 Å². The molecule has 0 bridgehead atoms. The Kier molecular flexibility index (Phi) is 5.15. The second kappa shape index (κ2) is 7.73. The molecule has 0 aliphatic heterocycles. The molecule has 6 nitrogen and oxygen atoms in total. The fourth-order valence-electron chi connectivity index (χ4n) is 3.08. The van der Waals surface area contributed by atoms with Crippen molar-refractivity contribution in [3.63, 3.8) is 0 Å². The topological polar surface area (TPSA) is 65.6 Å². The Morgan fingerprint density at radius 1 is 1.18 bits per heavy atom. The van der Waals surface area contributed by atoms with Crippen LogP contribution in [0.2, 0.25) is 0 Å². The number of rotatable bonds is 6. The quantitative estimate of drug-likeness (QED) is 0.348. The van der Waals surface area contributed by atoms with E-state index in [4.69, 9.17) is 0 Å². The van der Waals surface area contributed by atoms with E-state index in [1.807, 2.05) is 71.7 Å². The van der Waals surface area contributed by atoms with Crippen molar-refractivity contribution in [2.24, 2.45) is 0 Å². The summed E-state index contributed by atoms with van der Waals surface area (Å²) >= 11 is 2.97. The molecule has 1 aromatic carbocycles. The Morgan fingerprint density at radius 3 is 2.68 bits per heavy atom. The maximum Gasteiger partial charge on any atom is 0.196 e. The van der Waals surface area contributed by atoms with E-state index in [1.54, 1.807) is 17.7 Å². The van der Waals surface area contributed by atoms with Crippen LogP contribution < -0.4 is 0 Å². The number of ketones is 1. The van der Waals surface area contributed by atoms with Gasteiger partial charge in [-0.05, 0) is 39.0 Å². The molecule has 0 fully saturated rings. The Morgan fingerprint density at radius 2 is 1.96 bits per heavy atom. The molecule has 0 atom stereocenters. The molecule has 4 rings (SSSR count). The largest absolute Gasteiger partial charge is 0.294 e. The van der Waals surface area contributed by atoms with E-state index < -0.39 is 0 Å². The molecule has 0 spiro atoms. The zero-order chi connectivity index (χ0) is 19.7. The minimum absolute atomic E-state index is 0.0697. The van der Waals surface area contributed by atoms with Gasteiger partial charge >= 0.3 is 0 Å². The van der Waals surface area contributed by atoms with Crippen LogP contribution in [0.1, 0.15) is 27.4 Å². The summed E-state index contributed by atoms with van der Waals surface area (Å²) in [6, 6.07) is 11.8. The maximum absolute atomic E-state index is 12.9. The third-order valence-corrected chi connectivity index (χ3v) is 6.30. The van der Waals surface area contributed by atoms with Crippen LogP contribution in [0.5, 0.6) is 0 Å². The highest BCUT2D eigenvalue weighted by atomic mass is 32.2. The normalized spacial score (nSPS) is 11.1. The van der Waals surface area contributed by atoms with Crippen molar-refractivity contribution in [2.45, 2.75) is 25.9 Å². The van der Waals surface area contributed by atoms with E-state index in [9.17, 15) is 4.79 Å². The average molecular weight is 410 g/mol. The molecule has 28 heavy (non-hydrogen) atoms. The molecule has 0 aliphatic rings. The zero-order valence-electron chi connectivity index (χ0n) is 15.8. The van der Waals surface area contributed by atoms with Crippen LogP contribution in [0.4, 0.5) is 0 Å². The highest BCUT2D eigenvalue weighted by molar-refractivity contribution is 7.99. The van der Waals surface area contributed by atoms with Gasteiger partial charge in [0.1, 0.15) is 6.33 Å². The molecular formula is C20H19N5OS2. The number of para-hydroxylation sites is 1. The van der Waals surface area contributed by atoms with E-state index in [-0.39, 0.29) is 5.78 Å². The lowest BCUT2D eigenvalue weighted by Gasteiger charge is -2.07. The molecule has 8 heteroatoms. The van der Waals surface area contributed by atoms with Crippen molar-refractivity contribution < 1.29 is 4.79 Å². The van der Waals surface area contributed by atoms with Gasteiger partial charge in [-0.3, -0.25) is 13.9 Å². The molecule has 3 heterocycles. The smallest absolute Gasteiger partial charge is 0.196 e. The number of Topliss-reactive ketones (excluding diaryl/α,β-unsaturated/α-hetero) is 1. The molecule has 0 radical (unpaired) electrons. The summed E-state index contributed by atoms with van der Waals surface area (Å²) in [5.74, 6) is 0.368. The second-order valence-electron chi connectivity index (χ2n) is 6.42. The van der Waals surface area contributed by atoms with Crippen molar-refractivity contribution >= 4 is 28.9 Å². The second-order valence-corrected chi connectivity index (χ2v) is 8.20. The first-order chi connectivity index (χ1) is 13.5. The molecule has 0 aliphatic carbocycles. The highest BCUT2D eigenvalue weighted by Gasteiger charge is 2.19.